The lowest BCUT2D eigenvalue weighted by Gasteiger charge is -2.41. The zero-order valence-electron chi connectivity index (χ0n) is 19.1. The maximum atomic E-state index is 11.9. The monoisotopic (exact) mass is 427 g/mol. The number of hydrogen-bond donors (Lipinski definition) is 1. The van der Waals surface area contributed by atoms with Gasteiger partial charge in [-0.15, -0.1) is 0 Å². The molecule has 1 saturated carbocycles. The molecule has 1 aromatic heterocycles. The molecule has 1 aliphatic heterocycles. The van der Waals surface area contributed by atoms with Crippen molar-refractivity contribution in [2.75, 3.05) is 34.4 Å². The Labute approximate surface area is 184 Å². The molecule has 3 unspecified atom stereocenters. The summed E-state index contributed by atoms with van der Waals surface area (Å²) in [4.78, 5) is 11.1. The van der Waals surface area contributed by atoms with Crippen LogP contribution in [0.4, 0.5) is 0 Å². The van der Waals surface area contributed by atoms with Crippen molar-refractivity contribution < 1.29 is 19.3 Å². The molecular weight excluding hydrogens is 394 g/mol. The second-order valence-corrected chi connectivity index (χ2v) is 8.83. The van der Waals surface area contributed by atoms with Crippen molar-refractivity contribution in [3.05, 3.63) is 40.6 Å². The molecule has 7 heteroatoms. The van der Waals surface area contributed by atoms with Gasteiger partial charge in [-0.05, 0) is 61.8 Å². The minimum atomic E-state index is -1.000. The van der Waals surface area contributed by atoms with E-state index in [4.69, 9.17) is 14.2 Å². The Morgan fingerprint density at radius 2 is 1.90 bits per heavy atom. The molecule has 7 nitrogen and oxygen atoms in total. The summed E-state index contributed by atoms with van der Waals surface area (Å²) < 4.78 is 16.1. The predicted molar refractivity (Wildman–Crippen MR) is 118 cm³/mol. The van der Waals surface area contributed by atoms with Crippen molar-refractivity contribution in [2.24, 2.45) is 11.8 Å². The zero-order chi connectivity index (χ0) is 22.2. The van der Waals surface area contributed by atoms with Crippen LogP contribution in [0.2, 0.25) is 0 Å². The van der Waals surface area contributed by atoms with Gasteiger partial charge in [0.25, 0.3) is 0 Å². The Morgan fingerprint density at radius 3 is 2.61 bits per heavy atom. The normalized spacial score (nSPS) is 25.9. The molecule has 1 N–H and O–H groups in total. The van der Waals surface area contributed by atoms with E-state index in [2.05, 4.69) is 40.8 Å². The topological polar surface area (TPSA) is 76.9 Å². The number of methoxy groups -OCH3 is 3. The summed E-state index contributed by atoms with van der Waals surface area (Å²) >= 11 is 0. The van der Waals surface area contributed by atoms with Gasteiger partial charge in [0, 0.05) is 31.7 Å². The number of aliphatic hydroxyl groups is 1. The van der Waals surface area contributed by atoms with E-state index in [1.165, 1.54) is 23.8 Å². The summed E-state index contributed by atoms with van der Waals surface area (Å²) in [7, 11) is 4.81. The molecule has 2 heterocycles. The van der Waals surface area contributed by atoms with Gasteiger partial charge in [0.1, 0.15) is 11.4 Å². The first-order valence-corrected chi connectivity index (χ1v) is 10.9. The van der Waals surface area contributed by atoms with Gasteiger partial charge < -0.3 is 19.3 Å². The maximum Gasteiger partial charge on any atom is 0.319 e. The van der Waals surface area contributed by atoms with Crippen LogP contribution in [0.25, 0.3) is 0 Å². The van der Waals surface area contributed by atoms with E-state index in [1.54, 1.807) is 20.4 Å². The minimum Gasteiger partial charge on any atom is -0.496 e. The fraction of sp³-hybridized carbons (Fsp3) is 0.583. The van der Waals surface area contributed by atoms with Crippen molar-refractivity contribution in [1.29, 1.82) is 0 Å². The van der Waals surface area contributed by atoms with E-state index >= 15 is 0 Å². The highest BCUT2D eigenvalue weighted by molar-refractivity contribution is 5.43. The molecule has 0 spiro atoms. The van der Waals surface area contributed by atoms with Gasteiger partial charge in [0.05, 0.1) is 26.9 Å². The van der Waals surface area contributed by atoms with Crippen molar-refractivity contribution in [2.45, 2.75) is 45.3 Å². The van der Waals surface area contributed by atoms with E-state index in [0.29, 0.717) is 23.8 Å². The van der Waals surface area contributed by atoms with Gasteiger partial charge in [-0.25, -0.2) is 4.98 Å². The van der Waals surface area contributed by atoms with Gasteiger partial charge in [-0.2, -0.15) is 4.98 Å². The largest absolute Gasteiger partial charge is 0.496 e. The smallest absolute Gasteiger partial charge is 0.319 e. The van der Waals surface area contributed by atoms with Crippen LogP contribution in [0.5, 0.6) is 17.6 Å². The zero-order valence-corrected chi connectivity index (χ0v) is 19.1. The van der Waals surface area contributed by atoms with Crippen LogP contribution < -0.4 is 14.2 Å². The Kier molecular flexibility index (Phi) is 6.08. The molecular formula is C24H33N3O4. The molecule has 1 aliphatic carbocycles. The molecule has 1 saturated heterocycles. The molecule has 168 valence electrons. The Morgan fingerprint density at radius 1 is 1.10 bits per heavy atom. The number of likely N-dealkylation sites (tertiary alicyclic amines) is 1. The van der Waals surface area contributed by atoms with E-state index in [0.717, 1.165) is 38.2 Å². The lowest BCUT2D eigenvalue weighted by atomic mass is 9.68. The van der Waals surface area contributed by atoms with Crippen LogP contribution >= 0.6 is 0 Å². The second-order valence-electron chi connectivity index (χ2n) is 8.83. The van der Waals surface area contributed by atoms with Crippen LogP contribution in [-0.2, 0) is 12.1 Å². The molecule has 31 heavy (non-hydrogen) atoms. The van der Waals surface area contributed by atoms with Crippen LogP contribution in [0.15, 0.2) is 18.3 Å². The third-order valence-electron chi connectivity index (χ3n) is 7.30. The van der Waals surface area contributed by atoms with Crippen molar-refractivity contribution in [3.8, 4) is 17.6 Å². The summed E-state index contributed by atoms with van der Waals surface area (Å²) in [6.07, 6.45) is 4.46. The van der Waals surface area contributed by atoms with Crippen LogP contribution in [0.3, 0.4) is 0 Å². The molecule has 1 aromatic carbocycles. The molecule has 2 aromatic rings. The average molecular weight is 428 g/mol. The number of rotatable bonds is 6. The van der Waals surface area contributed by atoms with Gasteiger partial charge in [0.15, 0.2) is 0 Å². The van der Waals surface area contributed by atoms with Gasteiger partial charge in [-0.1, -0.05) is 6.07 Å². The third kappa shape index (κ3) is 3.85. The molecule has 0 amide bonds. The standard InChI is InChI=1S/C24H33N3O4/c1-15-16(2)21(29-3)9-8-17(15)12-27-13-18-7-6-10-24(28,20(18)14-27)19-11-25-23(31-5)26-22(19)30-4/h8-9,11,18,20,28H,6-7,10,12-14H2,1-5H3. The second kappa shape index (κ2) is 8.63. The van der Waals surface area contributed by atoms with E-state index < -0.39 is 5.60 Å². The van der Waals surface area contributed by atoms with E-state index in [-0.39, 0.29) is 11.9 Å². The molecule has 2 aliphatic rings. The predicted octanol–water partition coefficient (Wildman–Crippen LogP) is 3.24. The Hall–Kier alpha value is -2.38. The number of aromatic nitrogens is 2. The summed E-state index contributed by atoms with van der Waals surface area (Å²) in [5.74, 6) is 1.88. The lowest BCUT2D eigenvalue weighted by molar-refractivity contribution is -0.0669. The molecule has 4 rings (SSSR count). The maximum absolute atomic E-state index is 11.9. The quantitative estimate of drug-likeness (QED) is 0.758. The molecule has 0 bridgehead atoms. The number of benzene rings is 1. The number of fused-ring (bicyclic) bond motifs is 1. The van der Waals surface area contributed by atoms with Crippen LogP contribution in [0.1, 0.15) is 41.5 Å². The highest BCUT2D eigenvalue weighted by Gasteiger charge is 2.51. The first kappa shape index (κ1) is 21.8. The summed E-state index contributed by atoms with van der Waals surface area (Å²) in [6, 6.07) is 4.46. The van der Waals surface area contributed by atoms with Crippen molar-refractivity contribution in [3.63, 3.8) is 0 Å². The third-order valence-corrected chi connectivity index (χ3v) is 7.30. The van der Waals surface area contributed by atoms with E-state index in [9.17, 15) is 5.11 Å². The SMILES string of the molecule is COc1ncc(C2(O)CCCC3CN(Cc4ccc(OC)c(C)c4C)CC32)c(OC)n1. The number of nitrogens with zero attached hydrogens (tertiary/aromatic N) is 3. The average Bonchev–Trinajstić information content (AvgIpc) is 3.21. The summed E-state index contributed by atoms with van der Waals surface area (Å²) in [6.45, 7) is 6.95. The molecule has 3 atom stereocenters. The summed E-state index contributed by atoms with van der Waals surface area (Å²) in [5, 5.41) is 11.9. The first-order valence-electron chi connectivity index (χ1n) is 10.9. The molecule has 2 fully saturated rings. The van der Waals surface area contributed by atoms with Crippen molar-refractivity contribution >= 4 is 0 Å². The highest BCUT2D eigenvalue weighted by atomic mass is 16.5. The fourth-order valence-corrected chi connectivity index (χ4v) is 5.46. The van der Waals surface area contributed by atoms with Crippen LogP contribution in [0, 0.1) is 25.7 Å². The van der Waals surface area contributed by atoms with Gasteiger partial charge >= 0.3 is 6.01 Å². The fourth-order valence-electron chi connectivity index (χ4n) is 5.46. The Bertz CT molecular complexity index is 951. The summed E-state index contributed by atoms with van der Waals surface area (Å²) in [5.41, 5.74) is 3.44. The number of hydrogen-bond acceptors (Lipinski definition) is 7. The van der Waals surface area contributed by atoms with Gasteiger partial charge in [-0.3, -0.25) is 4.90 Å². The van der Waals surface area contributed by atoms with Gasteiger partial charge in [0.2, 0.25) is 5.88 Å². The first-order chi connectivity index (χ1) is 14.9. The van der Waals surface area contributed by atoms with Crippen molar-refractivity contribution in [1.82, 2.24) is 14.9 Å². The number of ether oxygens (including phenoxy) is 3. The van der Waals surface area contributed by atoms with E-state index in [1.807, 2.05) is 0 Å². The Balaban J connectivity index is 1.59. The van der Waals surface area contributed by atoms with Crippen LogP contribution in [-0.4, -0.2) is 54.4 Å². The molecule has 0 radical (unpaired) electrons. The lowest BCUT2D eigenvalue weighted by Crippen LogP contribution is -2.43. The minimum absolute atomic E-state index is 0.117. The highest BCUT2D eigenvalue weighted by Crippen LogP contribution is 2.50.